The molecule has 10 nitrogen and oxygen atoms in total. The molecule has 0 radical (unpaired) electrons. The van der Waals surface area contributed by atoms with Crippen LogP contribution in [0.1, 0.15) is 24.0 Å². The zero-order chi connectivity index (χ0) is 27.8. The molecule has 39 heavy (non-hydrogen) atoms. The maximum absolute atomic E-state index is 13.6. The summed E-state index contributed by atoms with van der Waals surface area (Å²) >= 11 is 4.03. The first kappa shape index (κ1) is 28.2. The fourth-order valence-corrected chi connectivity index (χ4v) is 4.95. The molecule has 0 bridgehead atoms. The van der Waals surface area contributed by atoms with E-state index < -0.39 is 35.9 Å². The van der Waals surface area contributed by atoms with Crippen LogP contribution in [0.5, 0.6) is 0 Å². The van der Waals surface area contributed by atoms with Crippen molar-refractivity contribution in [3.63, 3.8) is 0 Å². The minimum atomic E-state index is -1.23. The first-order valence-electron chi connectivity index (χ1n) is 12.9. The molecule has 0 spiro atoms. The highest BCUT2D eigenvalue weighted by Gasteiger charge is 2.32. The molecule has 206 valence electrons. The number of para-hydroxylation sites is 1. The van der Waals surface area contributed by atoms with Crippen molar-refractivity contribution in [3.8, 4) is 0 Å². The van der Waals surface area contributed by atoms with Gasteiger partial charge in [-0.2, -0.15) is 12.6 Å². The molecule has 4 unspecified atom stereocenters. The molecule has 6 N–H and O–H groups in total. The van der Waals surface area contributed by atoms with Gasteiger partial charge in [0.2, 0.25) is 17.7 Å². The van der Waals surface area contributed by atoms with E-state index in [1.165, 1.54) is 0 Å². The Labute approximate surface area is 231 Å². The van der Waals surface area contributed by atoms with Crippen molar-refractivity contribution in [2.75, 3.05) is 12.3 Å². The minimum Gasteiger partial charge on any atom is -0.480 e. The maximum Gasteiger partial charge on any atom is 0.327 e. The van der Waals surface area contributed by atoms with Crippen LogP contribution in [0, 0.1) is 0 Å². The number of thiol groups is 1. The summed E-state index contributed by atoms with van der Waals surface area (Å²) in [6.45, 7) is 0.733. The molecule has 3 aromatic rings. The van der Waals surface area contributed by atoms with Crippen LogP contribution in [-0.2, 0) is 32.0 Å². The number of nitrogens with one attached hydrogen (secondary N) is 5. The summed E-state index contributed by atoms with van der Waals surface area (Å²) in [5.41, 5.74) is 2.49. The van der Waals surface area contributed by atoms with Gasteiger partial charge in [0.1, 0.15) is 18.1 Å². The third-order valence-electron chi connectivity index (χ3n) is 6.82. The van der Waals surface area contributed by atoms with E-state index >= 15 is 0 Å². The monoisotopic (exact) mass is 551 g/mol. The third-order valence-corrected chi connectivity index (χ3v) is 7.19. The lowest BCUT2D eigenvalue weighted by Gasteiger charge is -2.25. The van der Waals surface area contributed by atoms with Crippen LogP contribution in [0.2, 0.25) is 0 Å². The SMILES string of the molecule is O=C(O)C(CS)NC(=O)C(Cc1c[nH]c2ccccc12)NC(=O)C(Cc1ccccc1)NC(=O)C1CCCN1. The smallest absolute Gasteiger partial charge is 0.327 e. The van der Waals surface area contributed by atoms with E-state index in [9.17, 15) is 24.3 Å². The summed E-state index contributed by atoms with van der Waals surface area (Å²) in [6.07, 6.45) is 3.64. The molecule has 3 amide bonds. The quantitative estimate of drug-likeness (QED) is 0.168. The van der Waals surface area contributed by atoms with Crippen molar-refractivity contribution >= 4 is 47.2 Å². The van der Waals surface area contributed by atoms with E-state index in [1.807, 2.05) is 54.6 Å². The number of hydrogen-bond acceptors (Lipinski definition) is 6. The molecule has 11 heteroatoms. The van der Waals surface area contributed by atoms with Gasteiger partial charge in [-0.1, -0.05) is 48.5 Å². The van der Waals surface area contributed by atoms with E-state index in [0.717, 1.165) is 35.0 Å². The van der Waals surface area contributed by atoms with Crippen molar-refractivity contribution in [2.24, 2.45) is 0 Å². The second kappa shape index (κ2) is 13.3. The van der Waals surface area contributed by atoms with Gasteiger partial charge in [-0.3, -0.25) is 14.4 Å². The molecule has 2 aromatic carbocycles. The number of rotatable bonds is 12. The standard InChI is InChI=1S/C28H33N5O5S/c34-25(21-11-6-12-29-21)31-22(13-17-7-2-1-3-8-17)26(35)32-23(27(36)33-24(16-39)28(37)38)14-18-15-30-20-10-5-4-9-19(18)20/h1-5,7-10,15,21-24,29-30,39H,6,11-14,16H2,(H,31,34)(H,32,35)(H,33,36)(H,37,38). The predicted molar refractivity (Wildman–Crippen MR) is 150 cm³/mol. The second-order valence-electron chi connectivity index (χ2n) is 9.61. The number of amides is 3. The van der Waals surface area contributed by atoms with Gasteiger partial charge in [-0.05, 0) is 36.6 Å². The molecular formula is C28H33N5O5S. The molecular weight excluding hydrogens is 518 g/mol. The number of aromatic amines is 1. The lowest BCUT2D eigenvalue weighted by atomic mass is 10.0. The third kappa shape index (κ3) is 7.39. The molecule has 1 saturated heterocycles. The average molecular weight is 552 g/mol. The zero-order valence-electron chi connectivity index (χ0n) is 21.4. The van der Waals surface area contributed by atoms with Crippen LogP contribution < -0.4 is 21.3 Å². The van der Waals surface area contributed by atoms with Crippen molar-refractivity contribution in [2.45, 2.75) is 49.9 Å². The van der Waals surface area contributed by atoms with Crippen LogP contribution in [0.4, 0.5) is 0 Å². The van der Waals surface area contributed by atoms with Gasteiger partial charge in [0.05, 0.1) is 6.04 Å². The number of aromatic nitrogens is 1. The van der Waals surface area contributed by atoms with Crippen LogP contribution in [0.25, 0.3) is 10.9 Å². The van der Waals surface area contributed by atoms with E-state index in [1.54, 1.807) is 6.20 Å². The molecule has 4 atom stereocenters. The number of carboxylic acid groups (broad SMARTS) is 1. The molecule has 1 fully saturated rings. The largest absolute Gasteiger partial charge is 0.480 e. The lowest BCUT2D eigenvalue weighted by molar-refractivity contribution is -0.141. The van der Waals surface area contributed by atoms with E-state index in [-0.39, 0.29) is 30.5 Å². The van der Waals surface area contributed by atoms with E-state index in [2.05, 4.69) is 38.9 Å². The molecule has 2 heterocycles. The van der Waals surface area contributed by atoms with Crippen LogP contribution >= 0.6 is 12.6 Å². The minimum absolute atomic E-state index is 0.108. The molecule has 0 aliphatic carbocycles. The second-order valence-corrected chi connectivity index (χ2v) is 9.97. The number of carbonyl (C=O) groups is 4. The predicted octanol–water partition coefficient (Wildman–Crippen LogP) is 1.17. The Balaban J connectivity index is 1.57. The number of hydrogen-bond donors (Lipinski definition) is 7. The Morgan fingerprint density at radius 3 is 2.23 bits per heavy atom. The van der Waals surface area contributed by atoms with Gasteiger partial charge in [-0.25, -0.2) is 4.79 Å². The highest BCUT2D eigenvalue weighted by molar-refractivity contribution is 7.80. The number of aliphatic carboxylic acids is 1. The zero-order valence-corrected chi connectivity index (χ0v) is 22.2. The first-order chi connectivity index (χ1) is 18.9. The first-order valence-corrected chi connectivity index (χ1v) is 13.6. The summed E-state index contributed by atoms with van der Waals surface area (Å²) in [4.78, 5) is 54.6. The Bertz CT molecular complexity index is 1310. The Kier molecular flexibility index (Phi) is 9.61. The fraction of sp³-hybridized carbons (Fsp3) is 0.357. The fourth-order valence-electron chi connectivity index (χ4n) is 4.70. The van der Waals surface area contributed by atoms with Gasteiger partial charge in [-0.15, -0.1) is 0 Å². The normalized spacial score (nSPS) is 17.2. The van der Waals surface area contributed by atoms with Crippen LogP contribution in [-0.4, -0.2) is 70.2 Å². The summed E-state index contributed by atoms with van der Waals surface area (Å²) in [6, 6.07) is 13.2. The number of fused-ring (bicyclic) bond motifs is 1. The topological polar surface area (TPSA) is 152 Å². The van der Waals surface area contributed by atoms with Crippen molar-refractivity contribution in [1.29, 1.82) is 0 Å². The van der Waals surface area contributed by atoms with Crippen molar-refractivity contribution < 1.29 is 24.3 Å². The summed E-state index contributed by atoms with van der Waals surface area (Å²) < 4.78 is 0. The van der Waals surface area contributed by atoms with Crippen LogP contribution in [0.3, 0.4) is 0 Å². The number of benzene rings is 2. The molecule has 1 aromatic heterocycles. The van der Waals surface area contributed by atoms with E-state index in [4.69, 9.17) is 0 Å². The Morgan fingerprint density at radius 2 is 1.56 bits per heavy atom. The number of carbonyl (C=O) groups excluding carboxylic acids is 3. The molecule has 1 aliphatic rings. The molecule has 0 saturated carbocycles. The average Bonchev–Trinajstić information content (AvgIpc) is 3.62. The van der Waals surface area contributed by atoms with Gasteiger partial charge in [0, 0.05) is 35.7 Å². The summed E-state index contributed by atoms with van der Waals surface area (Å²) in [5, 5.41) is 21.6. The lowest BCUT2D eigenvalue weighted by Crippen LogP contribution is -2.58. The highest BCUT2D eigenvalue weighted by atomic mass is 32.1. The van der Waals surface area contributed by atoms with Crippen LogP contribution in [0.15, 0.2) is 60.8 Å². The highest BCUT2D eigenvalue weighted by Crippen LogP contribution is 2.19. The molecule has 4 rings (SSSR count). The summed E-state index contributed by atoms with van der Waals surface area (Å²) in [5.74, 6) is -2.81. The van der Waals surface area contributed by atoms with Gasteiger partial charge in [0.15, 0.2) is 0 Å². The maximum atomic E-state index is 13.6. The number of carboxylic acids is 1. The molecule has 1 aliphatic heterocycles. The van der Waals surface area contributed by atoms with Crippen molar-refractivity contribution in [1.82, 2.24) is 26.3 Å². The van der Waals surface area contributed by atoms with Gasteiger partial charge < -0.3 is 31.4 Å². The van der Waals surface area contributed by atoms with Gasteiger partial charge >= 0.3 is 5.97 Å². The summed E-state index contributed by atoms with van der Waals surface area (Å²) in [7, 11) is 0. The van der Waals surface area contributed by atoms with E-state index in [0.29, 0.717) is 6.42 Å². The Hall–Kier alpha value is -3.83. The van der Waals surface area contributed by atoms with Gasteiger partial charge in [0.25, 0.3) is 0 Å². The number of H-pyrrole nitrogens is 1. The van der Waals surface area contributed by atoms with Crippen molar-refractivity contribution in [3.05, 3.63) is 71.9 Å². The Morgan fingerprint density at radius 1 is 0.897 bits per heavy atom.